The SMILES string of the molecule is COCCCOc1cccc(C(=O)N(CC(C)C(=O)O)C2CC2)c1. The quantitative estimate of drug-likeness (QED) is 0.665. The van der Waals surface area contributed by atoms with E-state index in [4.69, 9.17) is 14.6 Å². The predicted octanol–water partition coefficient (Wildman–Crippen LogP) is 2.43. The second-order valence-corrected chi connectivity index (χ2v) is 6.15. The Balaban J connectivity index is 2.02. The summed E-state index contributed by atoms with van der Waals surface area (Å²) in [7, 11) is 1.64. The maximum atomic E-state index is 12.8. The molecule has 1 aromatic rings. The summed E-state index contributed by atoms with van der Waals surface area (Å²) in [5.74, 6) is -0.960. The number of rotatable bonds is 10. The number of hydrogen-bond donors (Lipinski definition) is 1. The van der Waals surface area contributed by atoms with Crippen LogP contribution in [0.3, 0.4) is 0 Å². The highest BCUT2D eigenvalue weighted by molar-refractivity contribution is 5.95. The second-order valence-electron chi connectivity index (χ2n) is 6.15. The number of carboxylic acid groups (broad SMARTS) is 1. The molecule has 1 aromatic carbocycles. The molecule has 1 N–H and O–H groups in total. The van der Waals surface area contributed by atoms with Crippen LogP contribution in [0.25, 0.3) is 0 Å². The number of carboxylic acids is 1. The van der Waals surface area contributed by atoms with Crippen LogP contribution in [0.2, 0.25) is 0 Å². The van der Waals surface area contributed by atoms with Crippen LogP contribution in [0.1, 0.15) is 36.5 Å². The highest BCUT2D eigenvalue weighted by Crippen LogP contribution is 2.29. The minimum atomic E-state index is -0.885. The third-order valence-electron chi connectivity index (χ3n) is 3.98. The Bertz CT molecular complexity index is 570. The molecule has 1 fully saturated rings. The Labute approximate surface area is 142 Å². The lowest BCUT2D eigenvalue weighted by Crippen LogP contribution is -2.38. The highest BCUT2D eigenvalue weighted by Gasteiger charge is 2.35. The van der Waals surface area contributed by atoms with E-state index in [0.29, 0.717) is 24.5 Å². The summed E-state index contributed by atoms with van der Waals surface area (Å²) in [6.07, 6.45) is 2.65. The maximum absolute atomic E-state index is 12.8. The third-order valence-corrected chi connectivity index (χ3v) is 3.98. The van der Waals surface area contributed by atoms with Gasteiger partial charge in [0, 0.05) is 38.3 Å². The van der Waals surface area contributed by atoms with E-state index in [1.54, 1.807) is 37.1 Å². The number of aliphatic carboxylic acids is 1. The molecule has 0 aliphatic heterocycles. The summed E-state index contributed by atoms with van der Waals surface area (Å²) in [6.45, 7) is 3.01. The van der Waals surface area contributed by atoms with Crippen molar-refractivity contribution in [2.75, 3.05) is 26.9 Å². The van der Waals surface area contributed by atoms with Crippen molar-refractivity contribution >= 4 is 11.9 Å². The summed E-state index contributed by atoms with van der Waals surface area (Å²) in [5.41, 5.74) is 0.531. The molecule has 0 saturated heterocycles. The van der Waals surface area contributed by atoms with E-state index in [0.717, 1.165) is 19.3 Å². The average Bonchev–Trinajstić information content (AvgIpc) is 3.41. The first-order valence-electron chi connectivity index (χ1n) is 8.28. The van der Waals surface area contributed by atoms with Gasteiger partial charge < -0.3 is 19.5 Å². The molecule has 6 nitrogen and oxygen atoms in total. The normalized spacial score (nSPS) is 14.9. The molecule has 1 saturated carbocycles. The molecular weight excluding hydrogens is 310 g/mol. The monoisotopic (exact) mass is 335 g/mol. The number of amides is 1. The van der Waals surface area contributed by atoms with Gasteiger partial charge in [0.05, 0.1) is 12.5 Å². The van der Waals surface area contributed by atoms with E-state index in [1.807, 2.05) is 6.07 Å². The molecule has 0 bridgehead atoms. The molecule has 2 rings (SSSR count). The number of carbonyl (C=O) groups is 2. The van der Waals surface area contributed by atoms with E-state index in [2.05, 4.69) is 0 Å². The molecule has 24 heavy (non-hydrogen) atoms. The summed E-state index contributed by atoms with van der Waals surface area (Å²) in [6, 6.07) is 7.21. The number of hydrogen-bond acceptors (Lipinski definition) is 4. The molecule has 1 amide bonds. The molecule has 1 unspecified atom stereocenters. The fraction of sp³-hybridized carbons (Fsp3) is 0.556. The Kier molecular flexibility index (Phi) is 6.61. The van der Waals surface area contributed by atoms with Crippen LogP contribution < -0.4 is 4.74 Å². The van der Waals surface area contributed by atoms with Crippen LogP contribution in [-0.4, -0.2) is 54.8 Å². The van der Waals surface area contributed by atoms with Crippen LogP contribution in [0.4, 0.5) is 0 Å². The number of methoxy groups -OCH3 is 1. The molecule has 0 spiro atoms. The summed E-state index contributed by atoms with van der Waals surface area (Å²) in [4.78, 5) is 25.5. The molecule has 0 aromatic heterocycles. The maximum Gasteiger partial charge on any atom is 0.308 e. The number of carbonyl (C=O) groups excluding carboxylic acids is 1. The number of benzene rings is 1. The Hall–Kier alpha value is -2.08. The molecule has 132 valence electrons. The van der Waals surface area contributed by atoms with Crippen molar-refractivity contribution in [1.29, 1.82) is 0 Å². The zero-order chi connectivity index (χ0) is 17.5. The van der Waals surface area contributed by atoms with Crippen molar-refractivity contribution in [2.24, 2.45) is 5.92 Å². The van der Waals surface area contributed by atoms with Crippen molar-refractivity contribution in [1.82, 2.24) is 4.90 Å². The Morgan fingerprint density at radius 3 is 2.71 bits per heavy atom. The topological polar surface area (TPSA) is 76.1 Å². The number of ether oxygens (including phenoxy) is 2. The molecule has 1 atom stereocenters. The molecule has 0 heterocycles. The van der Waals surface area contributed by atoms with Crippen LogP contribution in [-0.2, 0) is 9.53 Å². The Morgan fingerprint density at radius 1 is 1.33 bits per heavy atom. The number of nitrogens with zero attached hydrogens (tertiary/aromatic N) is 1. The summed E-state index contributed by atoms with van der Waals surface area (Å²) < 4.78 is 10.6. The first-order chi connectivity index (χ1) is 11.5. The fourth-order valence-electron chi connectivity index (χ4n) is 2.44. The van der Waals surface area contributed by atoms with Gasteiger partial charge in [0.25, 0.3) is 5.91 Å². The first kappa shape index (κ1) is 18.3. The Morgan fingerprint density at radius 2 is 2.08 bits per heavy atom. The van der Waals surface area contributed by atoms with Crippen LogP contribution in [0, 0.1) is 5.92 Å². The van der Waals surface area contributed by atoms with Gasteiger partial charge in [-0.2, -0.15) is 0 Å². The zero-order valence-electron chi connectivity index (χ0n) is 14.2. The summed E-state index contributed by atoms with van der Waals surface area (Å²) in [5, 5.41) is 9.10. The lowest BCUT2D eigenvalue weighted by atomic mass is 10.1. The molecule has 1 aliphatic rings. The van der Waals surface area contributed by atoms with Crippen molar-refractivity contribution in [3.63, 3.8) is 0 Å². The van der Waals surface area contributed by atoms with Crippen molar-refractivity contribution in [3.8, 4) is 5.75 Å². The fourth-order valence-corrected chi connectivity index (χ4v) is 2.44. The van der Waals surface area contributed by atoms with E-state index >= 15 is 0 Å². The van der Waals surface area contributed by atoms with Gasteiger partial charge in [-0.1, -0.05) is 13.0 Å². The third kappa shape index (κ3) is 5.23. The van der Waals surface area contributed by atoms with Crippen LogP contribution in [0.5, 0.6) is 5.75 Å². The van der Waals surface area contributed by atoms with Gasteiger partial charge in [0.1, 0.15) is 5.75 Å². The van der Waals surface area contributed by atoms with Gasteiger partial charge in [-0.25, -0.2) is 0 Å². The highest BCUT2D eigenvalue weighted by atomic mass is 16.5. The molecular formula is C18H25NO5. The molecule has 1 aliphatic carbocycles. The average molecular weight is 335 g/mol. The van der Waals surface area contributed by atoms with E-state index in [9.17, 15) is 9.59 Å². The van der Waals surface area contributed by atoms with Gasteiger partial charge in [-0.15, -0.1) is 0 Å². The van der Waals surface area contributed by atoms with Crippen LogP contribution >= 0.6 is 0 Å². The van der Waals surface area contributed by atoms with E-state index in [-0.39, 0.29) is 18.5 Å². The minimum absolute atomic E-state index is 0.132. The van der Waals surface area contributed by atoms with Crippen molar-refractivity contribution in [3.05, 3.63) is 29.8 Å². The largest absolute Gasteiger partial charge is 0.493 e. The van der Waals surface area contributed by atoms with Crippen molar-refractivity contribution < 1.29 is 24.2 Å². The van der Waals surface area contributed by atoms with Gasteiger partial charge in [-0.05, 0) is 31.0 Å². The van der Waals surface area contributed by atoms with Gasteiger partial charge >= 0.3 is 5.97 Å². The van der Waals surface area contributed by atoms with Gasteiger partial charge in [-0.3, -0.25) is 9.59 Å². The first-order valence-corrected chi connectivity index (χ1v) is 8.28. The smallest absolute Gasteiger partial charge is 0.308 e. The second kappa shape index (κ2) is 8.68. The van der Waals surface area contributed by atoms with E-state index in [1.165, 1.54) is 0 Å². The zero-order valence-corrected chi connectivity index (χ0v) is 14.2. The van der Waals surface area contributed by atoms with Gasteiger partial charge in [0.2, 0.25) is 0 Å². The van der Waals surface area contributed by atoms with Gasteiger partial charge in [0.15, 0.2) is 0 Å². The standard InChI is InChI=1S/C18H25NO5/c1-13(18(21)22)12-19(15-7-8-15)17(20)14-5-3-6-16(11-14)24-10-4-9-23-2/h3,5-6,11,13,15H,4,7-10,12H2,1-2H3,(H,21,22). The predicted molar refractivity (Wildman–Crippen MR) is 89.3 cm³/mol. The summed E-state index contributed by atoms with van der Waals surface area (Å²) >= 11 is 0. The lowest BCUT2D eigenvalue weighted by molar-refractivity contribution is -0.141. The van der Waals surface area contributed by atoms with Crippen molar-refractivity contribution in [2.45, 2.75) is 32.2 Å². The van der Waals surface area contributed by atoms with E-state index < -0.39 is 11.9 Å². The lowest BCUT2D eigenvalue weighted by Gasteiger charge is -2.24. The minimum Gasteiger partial charge on any atom is -0.493 e. The van der Waals surface area contributed by atoms with Crippen LogP contribution in [0.15, 0.2) is 24.3 Å². The molecule has 6 heteroatoms. The molecule has 0 radical (unpaired) electrons.